The number of pyridine rings is 1. The van der Waals surface area contributed by atoms with Crippen LogP contribution < -0.4 is 19.7 Å². The van der Waals surface area contributed by atoms with Crippen LogP contribution in [0.4, 0.5) is 5.82 Å². The lowest BCUT2D eigenvalue weighted by atomic mass is 10.2. The number of carbonyl (C=O) groups is 1. The van der Waals surface area contributed by atoms with E-state index in [0.717, 1.165) is 28.0 Å². The van der Waals surface area contributed by atoms with Crippen LogP contribution in [0.5, 0.6) is 11.5 Å². The fraction of sp³-hybridized carbons (Fsp3) is 0.429. The summed E-state index contributed by atoms with van der Waals surface area (Å²) in [6.45, 7) is 2.57. The second-order valence-corrected chi connectivity index (χ2v) is 7.96. The Morgan fingerprint density at radius 3 is 2.39 bits per heavy atom. The highest BCUT2D eigenvalue weighted by atomic mass is 127. The highest BCUT2D eigenvalue weighted by Crippen LogP contribution is 2.31. The van der Waals surface area contributed by atoms with Crippen molar-refractivity contribution in [2.75, 3.05) is 32.2 Å². The van der Waals surface area contributed by atoms with Gasteiger partial charge >= 0.3 is 0 Å². The molecular formula is C21H26IN3O3. The first kappa shape index (κ1) is 20.7. The van der Waals surface area contributed by atoms with Crippen LogP contribution in [0.15, 0.2) is 30.5 Å². The number of amides is 1. The molecule has 1 aromatic heterocycles. The van der Waals surface area contributed by atoms with Gasteiger partial charge in [-0.15, -0.1) is 0 Å². The van der Waals surface area contributed by atoms with Gasteiger partial charge in [-0.25, -0.2) is 4.98 Å². The van der Waals surface area contributed by atoms with E-state index in [9.17, 15) is 4.79 Å². The number of methoxy groups -OCH3 is 2. The number of aromatic nitrogens is 1. The van der Waals surface area contributed by atoms with Crippen molar-refractivity contribution < 1.29 is 14.3 Å². The van der Waals surface area contributed by atoms with E-state index in [1.165, 1.54) is 25.7 Å². The Labute approximate surface area is 179 Å². The highest BCUT2D eigenvalue weighted by Gasteiger charge is 2.16. The molecule has 1 saturated heterocycles. The zero-order chi connectivity index (χ0) is 19.9. The molecular weight excluding hydrogens is 469 g/mol. The molecule has 2 heterocycles. The van der Waals surface area contributed by atoms with Crippen LogP contribution in [0.3, 0.4) is 0 Å². The molecule has 2 aromatic rings. The minimum Gasteiger partial charge on any atom is -0.493 e. The summed E-state index contributed by atoms with van der Waals surface area (Å²) in [5.74, 6) is 2.02. The standard InChI is InChI=1S/C21H26IN3O3/c1-27-18-11-16(17(22)12-19(18)28-2)21(26)24-14-15-7-8-20(23-13-15)25-9-5-3-4-6-10-25/h7-8,11-13H,3-6,9-10,14H2,1-2H3,(H,24,26). The second-order valence-electron chi connectivity index (χ2n) is 6.80. The monoisotopic (exact) mass is 495 g/mol. The van der Waals surface area contributed by atoms with Gasteiger partial charge < -0.3 is 19.7 Å². The molecule has 3 rings (SSSR count). The number of halogens is 1. The first-order chi connectivity index (χ1) is 13.6. The van der Waals surface area contributed by atoms with E-state index in [-0.39, 0.29) is 5.91 Å². The van der Waals surface area contributed by atoms with Crippen molar-refractivity contribution in [2.45, 2.75) is 32.2 Å². The topological polar surface area (TPSA) is 63.7 Å². The van der Waals surface area contributed by atoms with Gasteiger partial charge in [-0.3, -0.25) is 4.79 Å². The van der Waals surface area contributed by atoms with Gasteiger partial charge in [-0.05, 0) is 59.2 Å². The Morgan fingerprint density at radius 2 is 1.79 bits per heavy atom. The van der Waals surface area contributed by atoms with E-state index in [1.807, 2.05) is 18.3 Å². The molecule has 150 valence electrons. The van der Waals surface area contributed by atoms with Crippen molar-refractivity contribution in [3.8, 4) is 11.5 Å². The molecule has 0 atom stereocenters. The summed E-state index contributed by atoms with van der Waals surface area (Å²) >= 11 is 2.13. The summed E-state index contributed by atoms with van der Waals surface area (Å²) in [6.07, 6.45) is 6.90. The van der Waals surface area contributed by atoms with E-state index in [2.05, 4.69) is 37.8 Å². The van der Waals surface area contributed by atoms with Crippen molar-refractivity contribution in [3.63, 3.8) is 0 Å². The SMILES string of the molecule is COc1cc(I)c(C(=O)NCc2ccc(N3CCCCCC3)nc2)cc1OC. The summed E-state index contributed by atoms with van der Waals surface area (Å²) in [6, 6.07) is 7.59. The molecule has 28 heavy (non-hydrogen) atoms. The first-order valence-corrected chi connectivity index (χ1v) is 10.6. The lowest BCUT2D eigenvalue weighted by molar-refractivity contribution is 0.0949. The maximum atomic E-state index is 12.6. The zero-order valence-electron chi connectivity index (χ0n) is 16.3. The minimum atomic E-state index is -0.151. The molecule has 0 aliphatic carbocycles. The Morgan fingerprint density at radius 1 is 1.11 bits per heavy atom. The molecule has 7 heteroatoms. The summed E-state index contributed by atoms with van der Waals surface area (Å²) in [7, 11) is 3.14. The Bertz CT molecular complexity index is 803. The highest BCUT2D eigenvalue weighted by molar-refractivity contribution is 14.1. The van der Waals surface area contributed by atoms with Gasteiger partial charge in [-0.1, -0.05) is 18.9 Å². The zero-order valence-corrected chi connectivity index (χ0v) is 18.5. The number of rotatable bonds is 6. The van der Waals surface area contributed by atoms with Crippen molar-refractivity contribution in [3.05, 3.63) is 45.2 Å². The average Bonchev–Trinajstić information content (AvgIpc) is 3.01. The van der Waals surface area contributed by atoms with Gasteiger partial charge in [0.2, 0.25) is 0 Å². The molecule has 1 aliphatic heterocycles. The second kappa shape index (κ2) is 9.95. The van der Waals surface area contributed by atoms with Crippen molar-refractivity contribution >= 4 is 34.3 Å². The normalized spacial score (nSPS) is 14.3. The Kier molecular flexibility index (Phi) is 7.36. The Balaban J connectivity index is 1.63. The average molecular weight is 495 g/mol. The van der Waals surface area contributed by atoms with E-state index >= 15 is 0 Å². The minimum absolute atomic E-state index is 0.151. The van der Waals surface area contributed by atoms with Crippen LogP contribution in [-0.4, -0.2) is 38.2 Å². The number of nitrogens with one attached hydrogen (secondary N) is 1. The molecule has 6 nitrogen and oxygen atoms in total. The number of benzene rings is 1. The van der Waals surface area contributed by atoms with Gasteiger partial charge in [-0.2, -0.15) is 0 Å². The molecule has 0 bridgehead atoms. The van der Waals surface area contributed by atoms with Gasteiger partial charge in [0.05, 0.1) is 19.8 Å². The number of anilines is 1. The third-order valence-corrected chi connectivity index (χ3v) is 5.80. The van der Waals surface area contributed by atoms with E-state index in [1.54, 1.807) is 26.4 Å². The van der Waals surface area contributed by atoms with E-state index < -0.39 is 0 Å². The van der Waals surface area contributed by atoms with Gasteiger partial charge in [0.1, 0.15) is 5.82 Å². The fourth-order valence-electron chi connectivity index (χ4n) is 3.31. The summed E-state index contributed by atoms with van der Waals surface area (Å²) in [5.41, 5.74) is 1.54. The molecule has 0 radical (unpaired) electrons. The predicted molar refractivity (Wildman–Crippen MR) is 118 cm³/mol. The molecule has 1 aliphatic rings. The maximum Gasteiger partial charge on any atom is 0.252 e. The molecule has 0 unspecified atom stereocenters. The Hall–Kier alpha value is -2.03. The molecule has 1 aromatic carbocycles. The largest absolute Gasteiger partial charge is 0.493 e. The molecule has 0 saturated carbocycles. The summed E-state index contributed by atoms with van der Waals surface area (Å²) < 4.78 is 11.4. The van der Waals surface area contributed by atoms with Crippen LogP contribution in [0.2, 0.25) is 0 Å². The lowest BCUT2D eigenvalue weighted by Gasteiger charge is -2.21. The predicted octanol–water partition coefficient (Wildman–Crippen LogP) is 4.01. The smallest absolute Gasteiger partial charge is 0.252 e. The number of nitrogens with zero attached hydrogens (tertiary/aromatic N) is 2. The number of hydrogen-bond acceptors (Lipinski definition) is 5. The quantitative estimate of drug-likeness (QED) is 0.614. The van der Waals surface area contributed by atoms with Crippen LogP contribution in [-0.2, 0) is 6.54 Å². The van der Waals surface area contributed by atoms with Crippen molar-refractivity contribution in [1.29, 1.82) is 0 Å². The van der Waals surface area contributed by atoms with Crippen LogP contribution >= 0.6 is 22.6 Å². The maximum absolute atomic E-state index is 12.6. The molecule has 1 N–H and O–H groups in total. The van der Waals surface area contributed by atoms with Crippen LogP contribution in [0.25, 0.3) is 0 Å². The number of hydrogen-bond donors (Lipinski definition) is 1. The number of carbonyl (C=O) groups excluding carboxylic acids is 1. The van der Waals surface area contributed by atoms with Gasteiger partial charge in [0, 0.05) is 29.4 Å². The molecule has 1 amide bonds. The van der Waals surface area contributed by atoms with Gasteiger partial charge in [0.25, 0.3) is 5.91 Å². The third-order valence-electron chi connectivity index (χ3n) is 4.91. The summed E-state index contributed by atoms with van der Waals surface area (Å²) in [5, 5.41) is 2.96. The number of ether oxygens (including phenoxy) is 2. The fourth-order valence-corrected chi connectivity index (χ4v) is 4.00. The van der Waals surface area contributed by atoms with Crippen molar-refractivity contribution in [2.24, 2.45) is 0 Å². The van der Waals surface area contributed by atoms with Crippen LogP contribution in [0, 0.1) is 3.57 Å². The molecule has 0 spiro atoms. The van der Waals surface area contributed by atoms with E-state index in [0.29, 0.717) is 23.6 Å². The van der Waals surface area contributed by atoms with Gasteiger partial charge in [0.15, 0.2) is 11.5 Å². The third kappa shape index (κ3) is 5.06. The summed E-state index contributed by atoms with van der Waals surface area (Å²) in [4.78, 5) is 19.6. The lowest BCUT2D eigenvalue weighted by Crippen LogP contribution is -2.25. The molecule has 1 fully saturated rings. The van der Waals surface area contributed by atoms with Crippen LogP contribution in [0.1, 0.15) is 41.6 Å². The van der Waals surface area contributed by atoms with E-state index in [4.69, 9.17) is 9.47 Å². The van der Waals surface area contributed by atoms with Crippen molar-refractivity contribution in [1.82, 2.24) is 10.3 Å². The first-order valence-electron chi connectivity index (χ1n) is 9.52.